The second-order valence-corrected chi connectivity index (χ2v) is 6.71. The van der Waals surface area contributed by atoms with Crippen LogP contribution in [0.4, 0.5) is 11.4 Å². The number of ketones is 2. The molecule has 4 heteroatoms. The van der Waals surface area contributed by atoms with Gasteiger partial charge in [0.15, 0.2) is 11.6 Å². The lowest BCUT2D eigenvalue weighted by Gasteiger charge is -2.17. The van der Waals surface area contributed by atoms with Crippen LogP contribution in [-0.2, 0) is 0 Å². The summed E-state index contributed by atoms with van der Waals surface area (Å²) in [4.78, 5) is 29.0. The number of benzene rings is 2. The molecule has 0 aromatic heterocycles. The molecule has 1 heterocycles. The predicted octanol–water partition coefficient (Wildman–Crippen LogP) is 3.81. The largest absolute Gasteiger partial charge is 0.378 e. The van der Waals surface area contributed by atoms with Gasteiger partial charge < -0.3 is 9.80 Å². The zero-order valence-corrected chi connectivity index (χ0v) is 14.9. The Bertz CT molecular complexity index is 742. The number of hydrogen-bond donors (Lipinski definition) is 0. The fraction of sp³-hybridized carbons (Fsp3) is 0.333. The molecule has 0 bridgehead atoms. The van der Waals surface area contributed by atoms with E-state index in [2.05, 4.69) is 4.90 Å². The van der Waals surface area contributed by atoms with Gasteiger partial charge in [0.1, 0.15) is 0 Å². The van der Waals surface area contributed by atoms with E-state index < -0.39 is 0 Å². The number of carbonyl (C=O) groups excluding carboxylic acids is 2. The van der Waals surface area contributed by atoms with E-state index in [0.717, 1.165) is 24.5 Å². The van der Waals surface area contributed by atoms with Crippen LogP contribution in [0.1, 0.15) is 40.0 Å². The van der Waals surface area contributed by atoms with Crippen molar-refractivity contribution in [3.8, 4) is 0 Å². The van der Waals surface area contributed by atoms with E-state index in [1.54, 1.807) is 12.1 Å². The molecule has 0 unspecified atom stereocenters. The molecule has 1 saturated heterocycles. The summed E-state index contributed by atoms with van der Waals surface area (Å²) in [6.45, 7) is 2.16. The lowest BCUT2D eigenvalue weighted by Crippen LogP contribution is -2.17. The zero-order chi connectivity index (χ0) is 17.8. The normalized spacial score (nSPS) is 13.8. The Morgan fingerprint density at radius 3 is 1.80 bits per heavy atom. The number of Topliss-reactive ketones (excluding diaryl/α,β-unsaturated/α-hetero) is 2. The Hall–Kier alpha value is -2.62. The second-order valence-electron chi connectivity index (χ2n) is 6.71. The van der Waals surface area contributed by atoms with E-state index >= 15 is 0 Å². The minimum absolute atomic E-state index is 0.0929. The fourth-order valence-corrected chi connectivity index (χ4v) is 3.13. The molecule has 0 radical (unpaired) electrons. The third-order valence-corrected chi connectivity index (χ3v) is 4.69. The molecule has 0 spiro atoms. The molecular formula is C21H24N2O2. The molecule has 0 N–H and O–H groups in total. The van der Waals surface area contributed by atoms with Crippen LogP contribution in [0.3, 0.4) is 0 Å². The van der Waals surface area contributed by atoms with Crippen LogP contribution in [0.2, 0.25) is 0 Å². The molecule has 0 aliphatic carbocycles. The molecule has 2 aromatic rings. The first-order chi connectivity index (χ1) is 12.0. The summed E-state index contributed by atoms with van der Waals surface area (Å²) in [5, 5.41) is 0. The Morgan fingerprint density at radius 2 is 1.32 bits per heavy atom. The summed E-state index contributed by atoms with van der Waals surface area (Å²) in [6, 6.07) is 15.0. The van der Waals surface area contributed by atoms with Crippen LogP contribution in [0.5, 0.6) is 0 Å². The summed E-state index contributed by atoms with van der Waals surface area (Å²) in [6.07, 6.45) is 2.36. The highest BCUT2D eigenvalue weighted by molar-refractivity contribution is 6.13. The van der Waals surface area contributed by atoms with Crippen molar-refractivity contribution in [2.45, 2.75) is 19.3 Å². The molecular weight excluding hydrogens is 312 g/mol. The summed E-state index contributed by atoms with van der Waals surface area (Å²) in [5.41, 5.74) is 3.36. The van der Waals surface area contributed by atoms with Gasteiger partial charge in [0, 0.05) is 49.7 Å². The smallest absolute Gasteiger partial charge is 0.170 e. The maximum absolute atomic E-state index is 12.4. The van der Waals surface area contributed by atoms with Crippen molar-refractivity contribution in [3.63, 3.8) is 0 Å². The minimum atomic E-state index is -0.140. The monoisotopic (exact) mass is 336 g/mol. The van der Waals surface area contributed by atoms with Crippen LogP contribution in [0, 0.1) is 0 Å². The summed E-state index contributed by atoms with van der Waals surface area (Å²) >= 11 is 0. The van der Waals surface area contributed by atoms with E-state index in [-0.39, 0.29) is 18.0 Å². The van der Waals surface area contributed by atoms with Crippen molar-refractivity contribution >= 4 is 22.9 Å². The molecule has 2 aromatic carbocycles. The van der Waals surface area contributed by atoms with Crippen molar-refractivity contribution in [2.24, 2.45) is 0 Å². The van der Waals surface area contributed by atoms with Gasteiger partial charge >= 0.3 is 0 Å². The van der Waals surface area contributed by atoms with Gasteiger partial charge in [0.05, 0.1) is 6.42 Å². The Morgan fingerprint density at radius 1 is 0.840 bits per heavy atom. The van der Waals surface area contributed by atoms with Crippen molar-refractivity contribution in [3.05, 3.63) is 59.7 Å². The van der Waals surface area contributed by atoms with Crippen LogP contribution in [-0.4, -0.2) is 38.8 Å². The number of carbonyl (C=O) groups is 2. The van der Waals surface area contributed by atoms with Gasteiger partial charge in [-0.15, -0.1) is 0 Å². The van der Waals surface area contributed by atoms with Crippen molar-refractivity contribution in [1.29, 1.82) is 0 Å². The van der Waals surface area contributed by atoms with Crippen LogP contribution in [0.25, 0.3) is 0 Å². The molecule has 3 rings (SSSR count). The van der Waals surface area contributed by atoms with Crippen molar-refractivity contribution in [2.75, 3.05) is 37.0 Å². The molecule has 0 amide bonds. The Labute approximate surface area is 149 Å². The molecule has 130 valence electrons. The first kappa shape index (κ1) is 17.2. The van der Waals surface area contributed by atoms with E-state index in [1.807, 2.05) is 55.4 Å². The Balaban J connectivity index is 1.63. The highest BCUT2D eigenvalue weighted by Crippen LogP contribution is 2.21. The van der Waals surface area contributed by atoms with E-state index in [0.29, 0.717) is 11.1 Å². The van der Waals surface area contributed by atoms with Crippen LogP contribution >= 0.6 is 0 Å². The molecule has 0 atom stereocenters. The summed E-state index contributed by atoms with van der Waals surface area (Å²) in [7, 11) is 3.90. The van der Waals surface area contributed by atoms with Crippen LogP contribution < -0.4 is 9.80 Å². The lowest BCUT2D eigenvalue weighted by molar-refractivity contribution is 0.0894. The van der Waals surface area contributed by atoms with Gasteiger partial charge in [-0.25, -0.2) is 0 Å². The molecule has 1 aliphatic rings. The highest BCUT2D eigenvalue weighted by Gasteiger charge is 2.16. The number of hydrogen-bond acceptors (Lipinski definition) is 4. The molecule has 1 fully saturated rings. The molecule has 0 saturated carbocycles. The molecule has 25 heavy (non-hydrogen) atoms. The van der Waals surface area contributed by atoms with E-state index in [1.165, 1.54) is 12.8 Å². The van der Waals surface area contributed by atoms with E-state index in [9.17, 15) is 9.59 Å². The van der Waals surface area contributed by atoms with Gasteiger partial charge in [-0.05, 0) is 61.4 Å². The average molecular weight is 336 g/mol. The topological polar surface area (TPSA) is 40.6 Å². The number of rotatable bonds is 6. The standard InChI is InChI=1S/C21H24N2O2/c1-22(2)18-9-5-16(6-10-18)20(24)15-21(25)17-7-11-19(12-8-17)23-13-3-4-14-23/h5-12H,3-4,13-15H2,1-2H3. The maximum atomic E-state index is 12.4. The third kappa shape index (κ3) is 4.08. The highest BCUT2D eigenvalue weighted by atomic mass is 16.1. The number of anilines is 2. The van der Waals surface area contributed by atoms with Crippen LogP contribution in [0.15, 0.2) is 48.5 Å². The average Bonchev–Trinajstić information content (AvgIpc) is 3.16. The zero-order valence-electron chi connectivity index (χ0n) is 14.9. The van der Waals surface area contributed by atoms with Gasteiger partial charge in [-0.2, -0.15) is 0 Å². The van der Waals surface area contributed by atoms with Crippen molar-refractivity contribution < 1.29 is 9.59 Å². The maximum Gasteiger partial charge on any atom is 0.170 e. The number of nitrogens with zero attached hydrogens (tertiary/aromatic N) is 2. The Kier molecular flexibility index (Phi) is 5.17. The SMILES string of the molecule is CN(C)c1ccc(C(=O)CC(=O)c2ccc(N3CCCC3)cc2)cc1. The quantitative estimate of drug-likeness (QED) is 0.594. The first-order valence-electron chi connectivity index (χ1n) is 8.73. The predicted molar refractivity (Wildman–Crippen MR) is 102 cm³/mol. The van der Waals surface area contributed by atoms with Gasteiger partial charge in [-0.3, -0.25) is 9.59 Å². The lowest BCUT2D eigenvalue weighted by atomic mass is 10.0. The fourth-order valence-electron chi connectivity index (χ4n) is 3.13. The minimum Gasteiger partial charge on any atom is -0.378 e. The first-order valence-corrected chi connectivity index (χ1v) is 8.73. The van der Waals surface area contributed by atoms with Gasteiger partial charge in [0.2, 0.25) is 0 Å². The molecule has 1 aliphatic heterocycles. The van der Waals surface area contributed by atoms with Crippen molar-refractivity contribution in [1.82, 2.24) is 0 Å². The van der Waals surface area contributed by atoms with E-state index in [4.69, 9.17) is 0 Å². The molecule has 4 nitrogen and oxygen atoms in total. The third-order valence-electron chi connectivity index (χ3n) is 4.69. The summed E-state index contributed by atoms with van der Waals surface area (Å²) < 4.78 is 0. The second kappa shape index (κ2) is 7.51. The van der Waals surface area contributed by atoms with Gasteiger partial charge in [0.25, 0.3) is 0 Å². The summed E-state index contributed by atoms with van der Waals surface area (Å²) in [5.74, 6) is -0.270. The van der Waals surface area contributed by atoms with Gasteiger partial charge in [-0.1, -0.05) is 0 Å².